The van der Waals surface area contributed by atoms with Crippen molar-refractivity contribution in [3.8, 4) is 5.75 Å². The molecule has 0 radical (unpaired) electrons. The van der Waals surface area contributed by atoms with Gasteiger partial charge in [0.1, 0.15) is 5.75 Å². The molecule has 23 heavy (non-hydrogen) atoms. The summed E-state index contributed by atoms with van der Waals surface area (Å²) in [5.74, 6) is 0.356. The van der Waals surface area contributed by atoms with Gasteiger partial charge in [-0.1, -0.05) is 63.6 Å². The highest BCUT2D eigenvalue weighted by molar-refractivity contribution is 5.46. The number of aryl methyl sites for hydroxylation is 1. The number of allylic oxidation sites excluding steroid dienone is 6. The van der Waals surface area contributed by atoms with Crippen molar-refractivity contribution in [1.82, 2.24) is 0 Å². The lowest BCUT2D eigenvalue weighted by Gasteiger charge is -2.28. The summed E-state index contributed by atoms with van der Waals surface area (Å²) in [6, 6.07) is 5.82. The molecule has 124 valence electrons. The zero-order valence-corrected chi connectivity index (χ0v) is 14.4. The Balaban J connectivity index is 3.28. The van der Waals surface area contributed by atoms with Crippen LogP contribution in [0.2, 0.25) is 0 Å². The van der Waals surface area contributed by atoms with E-state index in [9.17, 15) is 5.11 Å². The van der Waals surface area contributed by atoms with Crippen LogP contribution in [0.1, 0.15) is 44.7 Å². The summed E-state index contributed by atoms with van der Waals surface area (Å²) < 4.78 is 0. The van der Waals surface area contributed by atoms with Gasteiger partial charge in [-0.05, 0) is 41.7 Å². The number of benzene rings is 1. The van der Waals surface area contributed by atoms with Crippen LogP contribution >= 0.6 is 0 Å². The van der Waals surface area contributed by atoms with E-state index < -0.39 is 0 Å². The summed E-state index contributed by atoms with van der Waals surface area (Å²) in [7, 11) is 0. The Morgan fingerprint density at radius 1 is 1.30 bits per heavy atom. The van der Waals surface area contributed by atoms with Crippen LogP contribution in [0, 0.1) is 0 Å². The molecule has 0 atom stereocenters. The Hall–Kier alpha value is -2.22. The van der Waals surface area contributed by atoms with Crippen molar-refractivity contribution in [2.45, 2.75) is 45.4 Å². The summed E-state index contributed by atoms with van der Waals surface area (Å²) in [6.07, 6.45) is 13.2. The minimum Gasteiger partial charge on any atom is -0.516 e. The molecule has 0 unspecified atom stereocenters. The maximum absolute atomic E-state index is 10.0. The van der Waals surface area contributed by atoms with Gasteiger partial charge in [0.2, 0.25) is 0 Å². The number of phenolic OH excluding ortho intramolecular Hbond substituents is 1. The number of hydrogen-bond acceptors (Lipinski definition) is 2. The van der Waals surface area contributed by atoms with E-state index in [4.69, 9.17) is 5.11 Å². The van der Waals surface area contributed by atoms with Gasteiger partial charge in [0, 0.05) is 5.41 Å². The number of aliphatic hydroxyl groups excluding tert-OH is 1. The smallest absolute Gasteiger partial charge is 0.118 e. The zero-order valence-electron chi connectivity index (χ0n) is 14.4. The van der Waals surface area contributed by atoms with Gasteiger partial charge in [0.15, 0.2) is 0 Å². The van der Waals surface area contributed by atoms with E-state index in [-0.39, 0.29) is 5.41 Å². The Morgan fingerprint density at radius 3 is 2.65 bits per heavy atom. The molecule has 1 aromatic carbocycles. The highest BCUT2D eigenvalue weighted by Gasteiger charge is 2.24. The first-order chi connectivity index (χ1) is 11.0. The van der Waals surface area contributed by atoms with E-state index in [0.717, 1.165) is 42.2 Å². The van der Waals surface area contributed by atoms with Crippen LogP contribution in [-0.2, 0) is 11.8 Å². The van der Waals surface area contributed by atoms with Gasteiger partial charge in [-0.2, -0.15) is 0 Å². The van der Waals surface area contributed by atoms with E-state index in [1.165, 1.54) is 0 Å². The summed E-state index contributed by atoms with van der Waals surface area (Å²) in [5, 5.41) is 19.0. The molecule has 2 heteroatoms. The molecule has 0 aliphatic heterocycles. The minimum atomic E-state index is -0.243. The number of rotatable bonds is 8. The van der Waals surface area contributed by atoms with Gasteiger partial charge in [-0.25, -0.2) is 0 Å². The fourth-order valence-electron chi connectivity index (χ4n) is 2.52. The number of aromatic hydroxyl groups is 1. The van der Waals surface area contributed by atoms with Crippen molar-refractivity contribution < 1.29 is 10.2 Å². The Labute approximate surface area is 140 Å². The molecule has 1 rings (SSSR count). The summed E-state index contributed by atoms with van der Waals surface area (Å²) >= 11 is 0. The average molecular weight is 312 g/mol. The Bertz CT molecular complexity index is 604. The van der Waals surface area contributed by atoms with E-state index in [2.05, 4.69) is 45.6 Å². The number of aliphatic hydroxyl groups is 1. The lowest BCUT2D eigenvalue weighted by atomic mass is 9.76. The summed E-state index contributed by atoms with van der Waals surface area (Å²) in [5.41, 5.74) is 2.95. The van der Waals surface area contributed by atoms with Gasteiger partial charge in [0.25, 0.3) is 0 Å². The molecule has 0 bridgehead atoms. The molecule has 2 N–H and O–H groups in total. The maximum atomic E-state index is 10.0. The minimum absolute atomic E-state index is 0.243. The monoisotopic (exact) mass is 312 g/mol. The topological polar surface area (TPSA) is 40.5 Å². The fourth-order valence-corrected chi connectivity index (χ4v) is 2.52. The second kappa shape index (κ2) is 9.04. The lowest BCUT2D eigenvalue weighted by Crippen LogP contribution is -2.19. The Morgan fingerprint density at radius 2 is 2.04 bits per heavy atom. The van der Waals surface area contributed by atoms with Crippen LogP contribution < -0.4 is 0 Å². The first kappa shape index (κ1) is 18.8. The third kappa shape index (κ3) is 5.17. The van der Waals surface area contributed by atoms with Crippen LogP contribution in [0.5, 0.6) is 5.75 Å². The summed E-state index contributed by atoms with van der Waals surface area (Å²) in [4.78, 5) is 0. The van der Waals surface area contributed by atoms with E-state index in [0.29, 0.717) is 5.75 Å². The predicted molar refractivity (Wildman–Crippen MR) is 98.9 cm³/mol. The average Bonchev–Trinajstić information content (AvgIpc) is 2.52. The first-order valence-corrected chi connectivity index (χ1v) is 8.08. The van der Waals surface area contributed by atoms with E-state index in [1.54, 1.807) is 12.1 Å². The highest BCUT2D eigenvalue weighted by Crippen LogP contribution is 2.35. The van der Waals surface area contributed by atoms with Crippen LogP contribution in [0.3, 0.4) is 0 Å². The standard InChI is InChI=1S/C21H28O2/c1-5-7-8-11-18(12-9-15-22)21(3,4)19-13-14-20(23)17(16-19)10-6-2/h5,8-9,11-16,22-23H,1,6-7,10H2,2-4H3/b11-8+,15-9+,18-12+. The lowest BCUT2D eigenvalue weighted by molar-refractivity contribution is 0.466. The van der Waals surface area contributed by atoms with E-state index in [1.807, 2.05) is 18.2 Å². The third-order valence-corrected chi connectivity index (χ3v) is 4.00. The molecule has 0 saturated heterocycles. The molecule has 0 fully saturated rings. The van der Waals surface area contributed by atoms with Crippen molar-refractivity contribution in [3.63, 3.8) is 0 Å². The number of hydrogen-bond donors (Lipinski definition) is 2. The van der Waals surface area contributed by atoms with Crippen LogP contribution in [0.25, 0.3) is 0 Å². The van der Waals surface area contributed by atoms with Crippen molar-refractivity contribution in [3.05, 3.63) is 78.1 Å². The molecule has 2 nitrogen and oxygen atoms in total. The second-order valence-electron chi connectivity index (χ2n) is 6.11. The number of phenols is 1. The first-order valence-electron chi connectivity index (χ1n) is 8.08. The fraction of sp³-hybridized carbons (Fsp3) is 0.333. The predicted octanol–water partition coefficient (Wildman–Crippen LogP) is 5.75. The molecule has 0 amide bonds. The molecule has 0 heterocycles. The van der Waals surface area contributed by atoms with Crippen LogP contribution in [0.4, 0.5) is 0 Å². The van der Waals surface area contributed by atoms with Gasteiger partial charge in [-0.3, -0.25) is 0 Å². The van der Waals surface area contributed by atoms with Crippen molar-refractivity contribution in [1.29, 1.82) is 0 Å². The highest BCUT2D eigenvalue weighted by atomic mass is 16.3. The largest absolute Gasteiger partial charge is 0.516 e. The zero-order chi connectivity index (χ0) is 17.3. The maximum Gasteiger partial charge on any atom is 0.118 e. The molecule has 0 aliphatic carbocycles. The Kier molecular flexibility index (Phi) is 7.40. The molecule has 0 saturated carbocycles. The SMILES string of the molecule is C=CC/C=C/C(=C\C=C\O)C(C)(C)c1ccc(O)c(CCC)c1. The second-order valence-corrected chi connectivity index (χ2v) is 6.11. The van der Waals surface area contributed by atoms with Crippen LogP contribution in [0.15, 0.2) is 67.0 Å². The van der Waals surface area contributed by atoms with Crippen molar-refractivity contribution >= 4 is 0 Å². The van der Waals surface area contributed by atoms with E-state index >= 15 is 0 Å². The molecule has 0 spiro atoms. The molecular weight excluding hydrogens is 284 g/mol. The van der Waals surface area contributed by atoms with Crippen molar-refractivity contribution in [2.75, 3.05) is 0 Å². The van der Waals surface area contributed by atoms with Gasteiger partial charge in [0.05, 0.1) is 6.26 Å². The van der Waals surface area contributed by atoms with Gasteiger partial charge < -0.3 is 10.2 Å². The molecular formula is C21H28O2. The molecule has 0 aromatic heterocycles. The normalized spacial score (nSPS) is 13.1. The van der Waals surface area contributed by atoms with Gasteiger partial charge in [-0.15, -0.1) is 6.58 Å². The third-order valence-electron chi connectivity index (χ3n) is 4.00. The summed E-state index contributed by atoms with van der Waals surface area (Å²) in [6.45, 7) is 10.1. The van der Waals surface area contributed by atoms with Gasteiger partial charge >= 0.3 is 0 Å². The quantitative estimate of drug-likeness (QED) is 0.364. The van der Waals surface area contributed by atoms with Crippen LogP contribution in [-0.4, -0.2) is 10.2 Å². The molecule has 1 aromatic rings. The molecule has 0 aliphatic rings. The van der Waals surface area contributed by atoms with Crippen molar-refractivity contribution in [2.24, 2.45) is 0 Å².